The van der Waals surface area contributed by atoms with Gasteiger partial charge in [-0.25, -0.2) is 0 Å². The molecule has 2 aromatic rings. The topological polar surface area (TPSA) is 29.9 Å². The normalized spacial score (nSPS) is 12.7. The molecule has 96 valence electrons. The van der Waals surface area contributed by atoms with Crippen molar-refractivity contribution >= 4 is 23.2 Å². The molecule has 0 aliphatic carbocycles. The average molecular weight is 284 g/mol. The van der Waals surface area contributed by atoms with Crippen LogP contribution in [-0.4, -0.2) is 16.8 Å². The Morgan fingerprint density at radius 2 is 1.94 bits per heavy atom. The van der Waals surface area contributed by atoms with E-state index in [-0.39, 0.29) is 6.04 Å². The van der Waals surface area contributed by atoms with E-state index in [0.29, 0.717) is 10.0 Å². The SMILES string of the molecule is CNC(Cc1c(Cl)cccc1Cl)c1ccnn1C. The van der Waals surface area contributed by atoms with Crippen molar-refractivity contribution in [3.8, 4) is 0 Å². The third-order valence-electron chi connectivity index (χ3n) is 3.03. The molecule has 3 nitrogen and oxygen atoms in total. The maximum Gasteiger partial charge on any atom is 0.0553 e. The molecule has 1 heterocycles. The van der Waals surface area contributed by atoms with Gasteiger partial charge in [-0.15, -0.1) is 0 Å². The zero-order valence-corrected chi connectivity index (χ0v) is 11.8. The fourth-order valence-electron chi connectivity index (χ4n) is 2.01. The van der Waals surface area contributed by atoms with Crippen LogP contribution in [0.1, 0.15) is 17.3 Å². The lowest BCUT2D eigenvalue weighted by atomic mass is 10.0. The molecule has 1 aromatic heterocycles. The molecule has 1 atom stereocenters. The zero-order chi connectivity index (χ0) is 13.1. The van der Waals surface area contributed by atoms with Gasteiger partial charge in [-0.2, -0.15) is 5.10 Å². The molecule has 0 saturated heterocycles. The van der Waals surface area contributed by atoms with Gasteiger partial charge in [0.15, 0.2) is 0 Å². The first-order valence-electron chi connectivity index (χ1n) is 5.71. The molecule has 1 N–H and O–H groups in total. The van der Waals surface area contributed by atoms with Crippen LogP contribution in [-0.2, 0) is 13.5 Å². The molecule has 0 aliphatic rings. The number of hydrogen-bond acceptors (Lipinski definition) is 2. The Morgan fingerprint density at radius 1 is 1.28 bits per heavy atom. The zero-order valence-electron chi connectivity index (χ0n) is 10.3. The molecule has 5 heteroatoms. The monoisotopic (exact) mass is 283 g/mol. The summed E-state index contributed by atoms with van der Waals surface area (Å²) in [6, 6.07) is 7.70. The lowest BCUT2D eigenvalue weighted by Crippen LogP contribution is -2.22. The smallest absolute Gasteiger partial charge is 0.0553 e. The van der Waals surface area contributed by atoms with E-state index in [0.717, 1.165) is 17.7 Å². The van der Waals surface area contributed by atoms with Crippen LogP contribution >= 0.6 is 23.2 Å². The number of hydrogen-bond donors (Lipinski definition) is 1. The second kappa shape index (κ2) is 5.74. The van der Waals surface area contributed by atoms with Crippen molar-refractivity contribution in [1.29, 1.82) is 0 Å². The van der Waals surface area contributed by atoms with Crippen LogP contribution in [0, 0.1) is 0 Å². The summed E-state index contributed by atoms with van der Waals surface area (Å²) in [4.78, 5) is 0. The molecular weight excluding hydrogens is 269 g/mol. The standard InChI is InChI=1S/C13H15Cl2N3/c1-16-12(13-6-7-17-18(13)2)8-9-10(14)4-3-5-11(9)15/h3-7,12,16H,8H2,1-2H3. The molecule has 0 fully saturated rings. The van der Waals surface area contributed by atoms with Crippen molar-refractivity contribution in [2.24, 2.45) is 7.05 Å². The van der Waals surface area contributed by atoms with E-state index in [1.807, 2.05) is 43.0 Å². The molecule has 0 aliphatic heterocycles. The largest absolute Gasteiger partial charge is 0.311 e. The van der Waals surface area contributed by atoms with Gasteiger partial charge in [-0.3, -0.25) is 4.68 Å². The first kappa shape index (κ1) is 13.4. The minimum atomic E-state index is 0.134. The number of rotatable bonds is 4. The third kappa shape index (κ3) is 2.69. The van der Waals surface area contributed by atoms with Crippen LogP contribution in [0.5, 0.6) is 0 Å². The second-order valence-electron chi connectivity index (χ2n) is 4.13. The summed E-state index contributed by atoms with van der Waals surface area (Å²) in [5, 5.41) is 8.85. The first-order chi connectivity index (χ1) is 8.63. The Hall–Kier alpha value is -1.03. The van der Waals surface area contributed by atoms with E-state index in [1.165, 1.54) is 0 Å². The number of aromatic nitrogens is 2. The highest BCUT2D eigenvalue weighted by Crippen LogP contribution is 2.28. The number of aryl methyl sites for hydroxylation is 1. The summed E-state index contributed by atoms with van der Waals surface area (Å²) >= 11 is 12.4. The molecule has 0 bridgehead atoms. The highest BCUT2D eigenvalue weighted by atomic mass is 35.5. The Morgan fingerprint density at radius 3 is 2.44 bits per heavy atom. The van der Waals surface area contributed by atoms with Gasteiger partial charge < -0.3 is 5.32 Å². The van der Waals surface area contributed by atoms with E-state index in [9.17, 15) is 0 Å². The summed E-state index contributed by atoms with van der Waals surface area (Å²) in [6.07, 6.45) is 2.52. The van der Waals surface area contributed by atoms with Crippen LogP contribution in [0.25, 0.3) is 0 Å². The van der Waals surface area contributed by atoms with Crippen molar-refractivity contribution in [1.82, 2.24) is 15.1 Å². The summed E-state index contributed by atoms with van der Waals surface area (Å²) < 4.78 is 1.85. The van der Waals surface area contributed by atoms with E-state index in [1.54, 1.807) is 6.20 Å². The van der Waals surface area contributed by atoms with Gasteiger partial charge in [0, 0.05) is 23.3 Å². The summed E-state index contributed by atoms with van der Waals surface area (Å²) in [5.41, 5.74) is 2.06. The molecule has 1 aromatic carbocycles. The first-order valence-corrected chi connectivity index (χ1v) is 6.47. The lowest BCUT2D eigenvalue weighted by Gasteiger charge is -2.18. The van der Waals surface area contributed by atoms with Crippen molar-refractivity contribution in [3.63, 3.8) is 0 Å². The van der Waals surface area contributed by atoms with E-state index >= 15 is 0 Å². The molecule has 1 unspecified atom stereocenters. The number of nitrogens with one attached hydrogen (secondary N) is 1. The predicted octanol–water partition coefficient (Wildman–Crippen LogP) is 3.23. The van der Waals surface area contributed by atoms with Crippen LogP contribution in [0.4, 0.5) is 0 Å². The minimum absolute atomic E-state index is 0.134. The fourth-order valence-corrected chi connectivity index (χ4v) is 2.56. The third-order valence-corrected chi connectivity index (χ3v) is 3.74. The van der Waals surface area contributed by atoms with Crippen LogP contribution < -0.4 is 5.32 Å². The van der Waals surface area contributed by atoms with Gasteiger partial charge in [0.2, 0.25) is 0 Å². The quantitative estimate of drug-likeness (QED) is 0.934. The number of halogens is 2. The molecule has 2 rings (SSSR count). The Labute approximate surface area is 117 Å². The van der Waals surface area contributed by atoms with Crippen molar-refractivity contribution in [2.75, 3.05) is 7.05 Å². The van der Waals surface area contributed by atoms with Crippen LogP contribution in [0.15, 0.2) is 30.5 Å². The summed E-state index contributed by atoms with van der Waals surface area (Å²) in [6.45, 7) is 0. The van der Waals surface area contributed by atoms with Crippen LogP contribution in [0.3, 0.4) is 0 Å². The van der Waals surface area contributed by atoms with Crippen molar-refractivity contribution < 1.29 is 0 Å². The summed E-state index contributed by atoms with van der Waals surface area (Å²) in [5.74, 6) is 0. The van der Waals surface area contributed by atoms with Crippen molar-refractivity contribution in [2.45, 2.75) is 12.5 Å². The Bertz CT molecular complexity index is 517. The molecule has 0 radical (unpaired) electrons. The minimum Gasteiger partial charge on any atom is -0.311 e. The number of nitrogens with zero attached hydrogens (tertiary/aromatic N) is 2. The Balaban J connectivity index is 2.29. The molecule has 0 saturated carbocycles. The highest BCUT2D eigenvalue weighted by Gasteiger charge is 2.16. The van der Waals surface area contributed by atoms with Gasteiger partial charge >= 0.3 is 0 Å². The number of likely N-dealkylation sites (N-methyl/N-ethyl adjacent to an activating group) is 1. The molecule has 18 heavy (non-hydrogen) atoms. The molecular formula is C13H15Cl2N3. The van der Waals surface area contributed by atoms with E-state index in [4.69, 9.17) is 23.2 Å². The van der Waals surface area contributed by atoms with Crippen molar-refractivity contribution in [3.05, 3.63) is 51.8 Å². The van der Waals surface area contributed by atoms with E-state index in [2.05, 4.69) is 10.4 Å². The van der Waals surface area contributed by atoms with Gasteiger partial charge in [0.05, 0.1) is 11.7 Å². The Kier molecular flexibility index (Phi) is 4.27. The average Bonchev–Trinajstić information content (AvgIpc) is 2.76. The van der Waals surface area contributed by atoms with Crippen LogP contribution in [0.2, 0.25) is 10.0 Å². The maximum atomic E-state index is 6.20. The van der Waals surface area contributed by atoms with Gasteiger partial charge in [-0.05, 0) is 37.2 Å². The van der Waals surface area contributed by atoms with Gasteiger partial charge in [-0.1, -0.05) is 29.3 Å². The molecule has 0 amide bonds. The van der Waals surface area contributed by atoms with Gasteiger partial charge in [0.1, 0.15) is 0 Å². The second-order valence-corrected chi connectivity index (χ2v) is 4.94. The summed E-state index contributed by atoms with van der Waals surface area (Å²) in [7, 11) is 3.84. The predicted molar refractivity (Wildman–Crippen MR) is 75.2 cm³/mol. The van der Waals surface area contributed by atoms with E-state index < -0.39 is 0 Å². The lowest BCUT2D eigenvalue weighted by molar-refractivity contribution is 0.537. The fraction of sp³-hybridized carbons (Fsp3) is 0.308. The van der Waals surface area contributed by atoms with Gasteiger partial charge in [0.25, 0.3) is 0 Å². The number of benzene rings is 1. The molecule has 0 spiro atoms. The maximum absolute atomic E-state index is 6.20. The highest BCUT2D eigenvalue weighted by molar-refractivity contribution is 6.36.